The van der Waals surface area contributed by atoms with Crippen molar-refractivity contribution in [3.63, 3.8) is 0 Å². The molecule has 0 bridgehead atoms. The van der Waals surface area contributed by atoms with E-state index in [4.69, 9.17) is 10.5 Å². The minimum atomic E-state index is -0.348. The maximum atomic E-state index is 13.5. The van der Waals surface area contributed by atoms with E-state index in [-0.39, 0.29) is 11.9 Å². The Morgan fingerprint density at radius 1 is 1.60 bits per heavy atom. The average molecular weight is 209 g/mol. The van der Waals surface area contributed by atoms with Gasteiger partial charge in [-0.2, -0.15) is 0 Å². The van der Waals surface area contributed by atoms with E-state index in [9.17, 15) is 4.39 Å². The van der Waals surface area contributed by atoms with Gasteiger partial charge in [-0.15, -0.1) is 6.58 Å². The molecule has 82 valence electrons. The summed E-state index contributed by atoms with van der Waals surface area (Å²) in [6.07, 6.45) is 3.20. The van der Waals surface area contributed by atoms with Gasteiger partial charge in [0.05, 0.1) is 7.11 Å². The van der Waals surface area contributed by atoms with Crippen molar-refractivity contribution in [3.05, 3.63) is 42.2 Å². The lowest BCUT2D eigenvalue weighted by Gasteiger charge is -2.15. The molecule has 0 radical (unpaired) electrons. The summed E-state index contributed by atoms with van der Waals surface area (Å²) in [5, 5.41) is 0. The van der Waals surface area contributed by atoms with Crippen LogP contribution in [0.1, 0.15) is 24.4 Å². The lowest BCUT2D eigenvalue weighted by atomic mass is 10.0. The molecule has 0 spiro atoms. The highest BCUT2D eigenvalue weighted by atomic mass is 19.1. The Morgan fingerprint density at radius 3 is 2.93 bits per heavy atom. The van der Waals surface area contributed by atoms with E-state index in [1.165, 1.54) is 13.2 Å². The molecule has 1 aromatic rings. The fraction of sp³-hybridized carbons (Fsp3) is 0.333. The van der Waals surface area contributed by atoms with Crippen molar-refractivity contribution in [2.75, 3.05) is 7.11 Å². The largest absolute Gasteiger partial charge is 0.496 e. The van der Waals surface area contributed by atoms with Crippen LogP contribution in [0.15, 0.2) is 30.9 Å². The summed E-state index contributed by atoms with van der Waals surface area (Å²) in [6, 6.07) is 4.37. The molecule has 0 aliphatic heterocycles. The zero-order valence-corrected chi connectivity index (χ0v) is 8.87. The molecule has 0 aromatic heterocycles. The van der Waals surface area contributed by atoms with Crippen LogP contribution in [0.5, 0.6) is 5.75 Å². The maximum Gasteiger partial charge on any atom is 0.131 e. The van der Waals surface area contributed by atoms with Gasteiger partial charge in [0, 0.05) is 11.6 Å². The van der Waals surface area contributed by atoms with Crippen LogP contribution in [-0.4, -0.2) is 7.11 Å². The van der Waals surface area contributed by atoms with Gasteiger partial charge < -0.3 is 10.5 Å². The van der Waals surface area contributed by atoms with Crippen LogP contribution in [0.25, 0.3) is 0 Å². The summed E-state index contributed by atoms with van der Waals surface area (Å²) in [5.41, 5.74) is 6.34. The van der Waals surface area contributed by atoms with Crippen molar-refractivity contribution in [1.29, 1.82) is 0 Å². The molecule has 1 atom stereocenters. The maximum absolute atomic E-state index is 13.5. The second-order valence-corrected chi connectivity index (χ2v) is 3.33. The van der Waals surface area contributed by atoms with Crippen LogP contribution >= 0.6 is 0 Å². The van der Waals surface area contributed by atoms with E-state index in [1.807, 2.05) is 0 Å². The van der Waals surface area contributed by atoms with E-state index in [1.54, 1.807) is 18.2 Å². The second-order valence-electron chi connectivity index (χ2n) is 3.33. The third-order valence-electron chi connectivity index (χ3n) is 2.29. The highest BCUT2D eigenvalue weighted by molar-refractivity contribution is 5.37. The number of rotatable bonds is 5. The molecule has 0 amide bonds. The van der Waals surface area contributed by atoms with E-state index in [0.717, 1.165) is 6.42 Å². The molecule has 0 aliphatic rings. The second kappa shape index (κ2) is 5.51. The first kappa shape index (κ1) is 11.7. The molecule has 15 heavy (non-hydrogen) atoms. The van der Waals surface area contributed by atoms with Gasteiger partial charge >= 0.3 is 0 Å². The minimum Gasteiger partial charge on any atom is -0.496 e. The van der Waals surface area contributed by atoms with Gasteiger partial charge in [-0.1, -0.05) is 12.1 Å². The summed E-state index contributed by atoms with van der Waals surface area (Å²) in [5.74, 6) is 0.192. The topological polar surface area (TPSA) is 35.2 Å². The van der Waals surface area contributed by atoms with Crippen LogP contribution in [0.3, 0.4) is 0 Å². The van der Waals surface area contributed by atoms with E-state index < -0.39 is 0 Å². The zero-order chi connectivity index (χ0) is 11.3. The number of halogens is 1. The Kier molecular flexibility index (Phi) is 4.31. The van der Waals surface area contributed by atoms with Crippen molar-refractivity contribution in [3.8, 4) is 5.75 Å². The Morgan fingerprint density at radius 2 is 2.33 bits per heavy atom. The Labute approximate surface area is 89.6 Å². The fourth-order valence-corrected chi connectivity index (χ4v) is 1.50. The first-order chi connectivity index (χ1) is 7.20. The number of allylic oxidation sites excluding steroid dienone is 1. The number of hydrogen-bond acceptors (Lipinski definition) is 2. The van der Waals surface area contributed by atoms with Gasteiger partial charge in [0.2, 0.25) is 0 Å². The summed E-state index contributed by atoms with van der Waals surface area (Å²) < 4.78 is 18.6. The van der Waals surface area contributed by atoms with Crippen LogP contribution in [0.2, 0.25) is 0 Å². The summed E-state index contributed by atoms with van der Waals surface area (Å²) in [4.78, 5) is 0. The van der Waals surface area contributed by atoms with Crippen molar-refractivity contribution in [2.24, 2.45) is 5.73 Å². The average Bonchev–Trinajstić information content (AvgIpc) is 2.25. The van der Waals surface area contributed by atoms with Crippen molar-refractivity contribution in [2.45, 2.75) is 18.9 Å². The molecule has 2 N–H and O–H groups in total. The molecule has 0 unspecified atom stereocenters. The van der Waals surface area contributed by atoms with Crippen molar-refractivity contribution >= 4 is 0 Å². The Hall–Kier alpha value is -1.35. The zero-order valence-electron chi connectivity index (χ0n) is 8.87. The molecule has 0 saturated heterocycles. The fourth-order valence-electron chi connectivity index (χ4n) is 1.50. The number of benzene rings is 1. The van der Waals surface area contributed by atoms with E-state index in [0.29, 0.717) is 17.7 Å². The SMILES string of the molecule is C=CCC[C@@H](N)c1c(F)cccc1OC. The number of nitrogens with two attached hydrogens (primary N) is 1. The predicted octanol–water partition coefficient (Wildman–Crippen LogP) is 2.80. The molecule has 1 rings (SSSR count). The molecule has 3 heteroatoms. The lowest BCUT2D eigenvalue weighted by Crippen LogP contribution is -2.13. The Balaban J connectivity index is 2.94. The standard InChI is InChI=1S/C12H16FNO/c1-3-4-7-10(14)12-9(13)6-5-8-11(12)15-2/h3,5-6,8,10H,1,4,7,14H2,2H3/t10-/m1/s1. The molecule has 2 nitrogen and oxygen atoms in total. The van der Waals surface area contributed by atoms with Crippen molar-refractivity contribution in [1.82, 2.24) is 0 Å². The van der Waals surface area contributed by atoms with Crippen molar-refractivity contribution < 1.29 is 9.13 Å². The van der Waals surface area contributed by atoms with E-state index in [2.05, 4.69) is 6.58 Å². The molecule has 0 heterocycles. The first-order valence-corrected chi connectivity index (χ1v) is 4.89. The monoisotopic (exact) mass is 209 g/mol. The third kappa shape index (κ3) is 2.80. The quantitative estimate of drug-likeness (QED) is 0.757. The van der Waals surface area contributed by atoms with Crippen LogP contribution in [-0.2, 0) is 0 Å². The van der Waals surface area contributed by atoms with Gasteiger partial charge in [-0.3, -0.25) is 0 Å². The normalized spacial score (nSPS) is 12.2. The smallest absolute Gasteiger partial charge is 0.131 e. The highest BCUT2D eigenvalue weighted by Gasteiger charge is 2.15. The summed E-state index contributed by atoms with van der Waals surface area (Å²) >= 11 is 0. The van der Waals surface area contributed by atoms with Crippen LogP contribution < -0.4 is 10.5 Å². The number of methoxy groups -OCH3 is 1. The molecule has 0 aliphatic carbocycles. The third-order valence-corrected chi connectivity index (χ3v) is 2.29. The van der Waals surface area contributed by atoms with Crippen LogP contribution in [0, 0.1) is 5.82 Å². The highest BCUT2D eigenvalue weighted by Crippen LogP contribution is 2.28. The molecule has 1 aromatic carbocycles. The first-order valence-electron chi connectivity index (χ1n) is 4.89. The minimum absolute atomic E-state index is 0.314. The predicted molar refractivity (Wildman–Crippen MR) is 59.3 cm³/mol. The molecule has 0 saturated carbocycles. The van der Waals surface area contributed by atoms with Gasteiger partial charge in [-0.05, 0) is 25.0 Å². The molecule has 0 fully saturated rings. The number of hydrogen-bond donors (Lipinski definition) is 1. The van der Waals surface area contributed by atoms with Gasteiger partial charge in [-0.25, -0.2) is 4.39 Å². The van der Waals surface area contributed by atoms with Gasteiger partial charge in [0.25, 0.3) is 0 Å². The summed E-state index contributed by atoms with van der Waals surface area (Å²) in [6.45, 7) is 3.61. The van der Waals surface area contributed by atoms with Gasteiger partial charge in [0.15, 0.2) is 0 Å². The molecular weight excluding hydrogens is 193 g/mol. The lowest BCUT2D eigenvalue weighted by molar-refractivity contribution is 0.397. The Bertz CT molecular complexity index is 338. The van der Waals surface area contributed by atoms with E-state index >= 15 is 0 Å². The van der Waals surface area contributed by atoms with Crippen LogP contribution in [0.4, 0.5) is 4.39 Å². The molecular formula is C12H16FNO. The van der Waals surface area contributed by atoms with Gasteiger partial charge in [0.1, 0.15) is 11.6 Å². The summed E-state index contributed by atoms with van der Waals surface area (Å²) in [7, 11) is 1.51. The number of ether oxygens (including phenoxy) is 1.